The maximum Gasteiger partial charge on any atom is 0.263 e. The summed E-state index contributed by atoms with van der Waals surface area (Å²) in [5.74, 6) is 0.0574. The Balaban J connectivity index is 2.35. The van der Waals surface area contributed by atoms with Crippen LogP contribution < -0.4 is 5.32 Å². The van der Waals surface area contributed by atoms with Crippen molar-refractivity contribution in [3.05, 3.63) is 22.5 Å². The number of carbonyl (C=O) groups is 1. The van der Waals surface area contributed by atoms with Gasteiger partial charge in [-0.25, -0.2) is 0 Å². The van der Waals surface area contributed by atoms with Gasteiger partial charge in [0.1, 0.15) is 4.32 Å². The lowest BCUT2D eigenvalue weighted by Crippen LogP contribution is -2.17. The number of nitrogens with one attached hydrogen (secondary N) is 1. The maximum absolute atomic E-state index is 11.3. The van der Waals surface area contributed by atoms with Gasteiger partial charge < -0.3 is 14.8 Å². The van der Waals surface area contributed by atoms with Gasteiger partial charge in [-0.05, 0) is 6.92 Å². The summed E-state index contributed by atoms with van der Waals surface area (Å²) in [5.41, 5.74) is 0.632. The summed E-state index contributed by atoms with van der Waals surface area (Å²) in [6, 6.07) is 0. The molecule has 1 aromatic heterocycles. The zero-order valence-electron chi connectivity index (χ0n) is 7.73. The number of aryl methyl sites for hydroxylation is 1. The molecule has 0 bridgehead atoms. The molecule has 0 atom stereocenters. The minimum Gasteiger partial charge on any atom is -0.504 e. The second kappa shape index (κ2) is 3.71. The fraction of sp³-hybridized carbons (Fsp3) is 0.111. The molecule has 1 aromatic rings. The molecular weight excluding hydrogens is 234 g/mol. The molecule has 2 heterocycles. The van der Waals surface area contributed by atoms with Crippen LogP contribution in [0.3, 0.4) is 0 Å². The van der Waals surface area contributed by atoms with Gasteiger partial charge in [0, 0.05) is 11.6 Å². The molecule has 0 radical (unpaired) electrons. The van der Waals surface area contributed by atoms with Crippen molar-refractivity contribution in [3.63, 3.8) is 0 Å². The van der Waals surface area contributed by atoms with E-state index in [1.54, 1.807) is 6.92 Å². The van der Waals surface area contributed by atoms with Gasteiger partial charge in [-0.15, -0.1) is 0 Å². The van der Waals surface area contributed by atoms with Crippen molar-refractivity contribution >= 4 is 40.3 Å². The zero-order valence-corrected chi connectivity index (χ0v) is 9.37. The molecule has 0 aromatic carbocycles. The molecule has 2 N–H and O–H groups in total. The number of rotatable bonds is 1. The Morgan fingerprint density at radius 1 is 1.67 bits per heavy atom. The van der Waals surface area contributed by atoms with Gasteiger partial charge >= 0.3 is 0 Å². The molecule has 4 nitrogen and oxygen atoms in total. The normalized spacial score (nSPS) is 18.6. The van der Waals surface area contributed by atoms with E-state index in [9.17, 15) is 9.90 Å². The first kappa shape index (κ1) is 10.3. The van der Waals surface area contributed by atoms with E-state index in [1.807, 2.05) is 0 Å². The minimum absolute atomic E-state index is 0.0497. The molecule has 0 saturated carbocycles. The van der Waals surface area contributed by atoms with Gasteiger partial charge in [0.05, 0.1) is 11.2 Å². The Morgan fingerprint density at radius 3 is 2.87 bits per heavy atom. The van der Waals surface area contributed by atoms with E-state index in [4.69, 9.17) is 16.6 Å². The second-order valence-corrected chi connectivity index (χ2v) is 4.70. The molecule has 1 amide bonds. The van der Waals surface area contributed by atoms with E-state index in [1.165, 1.54) is 12.3 Å². The van der Waals surface area contributed by atoms with Gasteiger partial charge in [-0.2, -0.15) is 0 Å². The highest BCUT2D eigenvalue weighted by atomic mass is 32.2. The van der Waals surface area contributed by atoms with Crippen LogP contribution in [0.4, 0.5) is 0 Å². The summed E-state index contributed by atoms with van der Waals surface area (Å²) in [4.78, 5) is 11.7. The van der Waals surface area contributed by atoms with Gasteiger partial charge in [-0.3, -0.25) is 4.79 Å². The lowest BCUT2D eigenvalue weighted by Gasteiger charge is -1.91. The second-order valence-electron chi connectivity index (χ2n) is 2.98. The highest BCUT2D eigenvalue weighted by Crippen LogP contribution is 2.31. The molecule has 6 heteroatoms. The van der Waals surface area contributed by atoms with Gasteiger partial charge in [0.2, 0.25) is 0 Å². The predicted octanol–water partition coefficient (Wildman–Crippen LogP) is 1.78. The highest BCUT2D eigenvalue weighted by Gasteiger charge is 2.23. The van der Waals surface area contributed by atoms with Crippen molar-refractivity contribution < 1.29 is 14.3 Å². The van der Waals surface area contributed by atoms with Crippen molar-refractivity contribution in [2.24, 2.45) is 0 Å². The van der Waals surface area contributed by atoms with Crippen LogP contribution in [0.1, 0.15) is 11.3 Å². The SMILES string of the molecule is Cc1coc(/C=C2\SC(=S)NC2=O)c1O. The van der Waals surface area contributed by atoms with Gasteiger partial charge in [0.15, 0.2) is 11.5 Å². The number of hydrogen-bond acceptors (Lipinski definition) is 5. The third-order valence-electron chi connectivity index (χ3n) is 1.87. The quantitative estimate of drug-likeness (QED) is 0.579. The Labute approximate surface area is 95.3 Å². The molecule has 78 valence electrons. The summed E-state index contributed by atoms with van der Waals surface area (Å²) in [7, 11) is 0. The Bertz CT molecular complexity index is 476. The van der Waals surface area contributed by atoms with Crippen LogP contribution in [0.2, 0.25) is 0 Å². The molecule has 1 aliphatic heterocycles. The fourth-order valence-electron chi connectivity index (χ4n) is 1.10. The van der Waals surface area contributed by atoms with E-state index < -0.39 is 0 Å². The number of carbonyl (C=O) groups excluding carboxylic acids is 1. The monoisotopic (exact) mass is 241 g/mol. The van der Waals surface area contributed by atoms with Gasteiger partial charge in [-0.1, -0.05) is 24.0 Å². The number of aromatic hydroxyl groups is 1. The van der Waals surface area contributed by atoms with Crippen molar-refractivity contribution in [2.45, 2.75) is 6.92 Å². The lowest BCUT2D eigenvalue weighted by atomic mass is 10.3. The van der Waals surface area contributed by atoms with Crippen molar-refractivity contribution in [2.75, 3.05) is 0 Å². The number of furan rings is 1. The average molecular weight is 241 g/mol. The van der Waals surface area contributed by atoms with Crippen LogP contribution in [-0.4, -0.2) is 15.3 Å². The van der Waals surface area contributed by atoms with Crippen molar-refractivity contribution in [1.82, 2.24) is 5.32 Å². The third kappa shape index (κ3) is 1.91. The third-order valence-corrected chi connectivity index (χ3v) is 3.04. The molecule has 15 heavy (non-hydrogen) atoms. The summed E-state index contributed by atoms with van der Waals surface area (Å²) in [5, 5.41) is 12.0. The first-order valence-corrected chi connectivity index (χ1v) is 5.32. The molecule has 0 unspecified atom stereocenters. The average Bonchev–Trinajstić information content (AvgIpc) is 2.64. The van der Waals surface area contributed by atoms with Crippen molar-refractivity contribution in [1.29, 1.82) is 0 Å². The number of thiocarbonyl (C=S) groups is 1. The zero-order chi connectivity index (χ0) is 11.0. The molecule has 0 spiro atoms. The first-order chi connectivity index (χ1) is 7.08. The maximum atomic E-state index is 11.3. The molecule has 1 saturated heterocycles. The van der Waals surface area contributed by atoms with Crippen LogP contribution in [-0.2, 0) is 4.79 Å². The highest BCUT2D eigenvalue weighted by molar-refractivity contribution is 8.26. The number of amides is 1. The molecule has 1 aliphatic rings. The number of thioether (sulfide) groups is 1. The van der Waals surface area contributed by atoms with Crippen LogP contribution in [0.15, 0.2) is 15.6 Å². The molecule has 1 fully saturated rings. The van der Waals surface area contributed by atoms with E-state index in [-0.39, 0.29) is 17.4 Å². The predicted molar refractivity (Wildman–Crippen MR) is 61.4 cm³/mol. The van der Waals surface area contributed by atoms with E-state index in [0.29, 0.717) is 14.8 Å². The van der Waals surface area contributed by atoms with Crippen LogP contribution >= 0.6 is 24.0 Å². The standard InChI is InChI=1S/C9H7NO3S2/c1-4-3-13-5(7(4)11)2-6-8(12)10-9(14)15-6/h2-3,11H,1H3,(H,10,12,14)/b6-2-. The van der Waals surface area contributed by atoms with Crippen LogP contribution in [0, 0.1) is 6.92 Å². The Kier molecular flexibility index (Phi) is 2.54. The Hall–Kier alpha value is -1.27. The first-order valence-electron chi connectivity index (χ1n) is 4.10. The summed E-state index contributed by atoms with van der Waals surface area (Å²) < 4.78 is 5.49. The Morgan fingerprint density at radius 2 is 2.40 bits per heavy atom. The van der Waals surface area contributed by atoms with Gasteiger partial charge in [0.25, 0.3) is 5.91 Å². The fourth-order valence-corrected chi connectivity index (χ4v) is 2.12. The van der Waals surface area contributed by atoms with Crippen LogP contribution in [0.25, 0.3) is 6.08 Å². The van der Waals surface area contributed by atoms with Crippen LogP contribution in [0.5, 0.6) is 5.75 Å². The van der Waals surface area contributed by atoms with E-state index >= 15 is 0 Å². The summed E-state index contributed by atoms with van der Waals surface area (Å²) >= 11 is 5.97. The summed E-state index contributed by atoms with van der Waals surface area (Å²) in [6.07, 6.45) is 2.90. The smallest absolute Gasteiger partial charge is 0.263 e. The minimum atomic E-state index is -0.265. The van der Waals surface area contributed by atoms with Crippen molar-refractivity contribution in [3.8, 4) is 5.75 Å². The summed E-state index contributed by atoms with van der Waals surface area (Å²) in [6.45, 7) is 1.72. The van der Waals surface area contributed by atoms with E-state index in [2.05, 4.69) is 5.32 Å². The largest absolute Gasteiger partial charge is 0.504 e. The molecule has 2 rings (SSSR count). The molecular formula is C9H7NO3S2. The lowest BCUT2D eigenvalue weighted by molar-refractivity contribution is -0.115. The van der Waals surface area contributed by atoms with E-state index in [0.717, 1.165) is 11.8 Å². The molecule has 0 aliphatic carbocycles. The topological polar surface area (TPSA) is 62.5 Å². The number of hydrogen-bond donors (Lipinski definition) is 2.